The predicted octanol–water partition coefficient (Wildman–Crippen LogP) is 3.14. The fraction of sp³-hybridized carbons (Fsp3) is 0.364. The Labute approximate surface area is 88.5 Å². The van der Waals surface area contributed by atoms with Crippen LogP contribution in [0.3, 0.4) is 0 Å². The van der Waals surface area contributed by atoms with Crippen molar-refractivity contribution in [2.45, 2.75) is 26.7 Å². The van der Waals surface area contributed by atoms with Crippen molar-refractivity contribution in [3.05, 3.63) is 33.8 Å². The van der Waals surface area contributed by atoms with Crippen molar-refractivity contribution >= 4 is 17.6 Å². The third-order valence-electron chi connectivity index (χ3n) is 2.46. The van der Waals surface area contributed by atoms with Crippen LogP contribution in [0.1, 0.15) is 29.5 Å². The fourth-order valence-corrected chi connectivity index (χ4v) is 1.61. The molecule has 0 bridgehead atoms. The quantitative estimate of drug-likeness (QED) is 0.818. The molecule has 0 amide bonds. The summed E-state index contributed by atoms with van der Waals surface area (Å²) in [6.45, 7) is 5.42. The standard InChI is InChI=1S/C11H13ClO2/c1-6-4-5-9(7(2)10(6)12)8(3)11(13)14/h4-5,8H,1-3H3,(H,13,14). The van der Waals surface area contributed by atoms with E-state index in [1.165, 1.54) is 0 Å². The normalized spacial score (nSPS) is 12.6. The molecule has 1 N–H and O–H groups in total. The van der Waals surface area contributed by atoms with Crippen LogP contribution in [0.4, 0.5) is 0 Å². The first-order chi connectivity index (χ1) is 6.45. The van der Waals surface area contributed by atoms with E-state index in [9.17, 15) is 4.79 Å². The molecule has 0 saturated heterocycles. The molecular weight excluding hydrogens is 200 g/mol. The van der Waals surface area contributed by atoms with Gasteiger partial charge in [-0.15, -0.1) is 0 Å². The predicted molar refractivity (Wildman–Crippen MR) is 57.0 cm³/mol. The summed E-state index contributed by atoms with van der Waals surface area (Å²) in [4.78, 5) is 10.8. The first-order valence-electron chi connectivity index (χ1n) is 4.43. The van der Waals surface area contributed by atoms with Crippen LogP contribution in [0.25, 0.3) is 0 Å². The molecule has 0 aliphatic rings. The molecule has 1 aromatic rings. The number of carboxylic acid groups (broad SMARTS) is 1. The summed E-state index contributed by atoms with van der Waals surface area (Å²) in [5.41, 5.74) is 2.63. The van der Waals surface area contributed by atoms with Gasteiger partial charge in [0.2, 0.25) is 0 Å². The van der Waals surface area contributed by atoms with Gasteiger partial charge in [0.15, 0.2) is 0 Å². The van der Waals surface area contributed by atoms with Crippen LogP contribution >= 0.6 is 11.6 Å². The Morgan fingerprint density at radius 1 is 1.43 bits per heavy atom. The van der Waals surface area contributed by atoms with Crippen LogP contribution in [0, 0.1) is 13.8 Å². The number of aliphatic carboxylic acids is 1. The maximum absolute atomic E-state index is 10.8. The van der Waals surface area contributed by atoms with Crippen molar-refractivity contribution in [2.75, 3.05) is 0 Å². The molecule has 1 unspecified atom stereocenters. The second-order valence-electron chi connectivity index (χ2n) is 3.47. The minimum absolute atomic E-state index is 0.506. The molecule has 0 saturated carbocycles. The Morgan fingerprint density at radius 2 is 2.00 bits per heavy atom. The highest BCUT2D eigenvalue weighted by Gasteiger charge is 2.17. The van der Waals surface area contributed by atoms with Gasteiger partial charge in [0.05, 0.1) is 5.92 Å². The maximum Gasteiger partial charge on any atom is 0.310 e. The lowest BCUT2D eigenvalue weighted by atomic mass is 9.95. The van der Waals surface area contributed by atoms with E-state index in [0.717, 1.165) is 16.7 Å². The molecule has 3 heteroatoms. The Bertz CT molecular complexity index is 372. The molecule has 0 heterocycles. The van der Waals surface area contributed by atoms with Crippen molar-refractivity contribution in [3.63, 3.8) is 0 Å². The first kappa shape index (κ1) is 11.1. The summed E-state index contributed by atoms with van der Waals surface area (Å²) in [7, 11) is 0. The lowest BCUT2D eigenvalue weighted by Crippen LogP contribution is -2.09. The van der Waals surface area contributed by atoms with Gasteiger partial charge < -0.3 is 5.11 Å². The van der Waals surface area contributed by atoms with E-state index in [1.807, 2.05) is 26.0 Å². The Kier molecular flexibility index (Phi) is 3.17. The molecule has 14 heavy (non-hydrogen) atoms. The molecule has 0 radical (unpaired) electrons. The van der Waals surface area contributed by atoms with E-state index in [-0.39, 0.29) is 0 Å². The molecule has 76 valence electrons. The number of aryl methyl sites for hydroxylation is 1. The second-order valence-corrected chi connectivity index (χ2v) is 3.85. The zero-order valence-corrected chi connectivity index (χ0v) is 9.22. The van der Waals surface area contributed by atoms with E-state index in [4.69, 9.17) is 16.7 Å². The van der Waals surface area contributed by atoms with Gasteiger partial charge in [-0.2, -0.15) is 0 Å². The Balaban J connectivity index is 3.24. The fourth-order valence-electron chi connectivity index (χ4n) is 1.44. The number of rotatable bonds is 2. The molecule has 0 aliphatic carbocycles. The zero-order chi connectivity index (χ0) is 10.9. The molecule has 1 rings (SSSR count). The largest absolute Gasteiger partial charge is 0.481 e. The summed E-state index contributed by atoms with van der Waals surface area (Å²) in [6, 6.07) is 3.68. The van der Waals surface area contributed by atoms with Crippen LogP contribution in [-0.2, 0) is 4.79 Å². The number of carboxylic acids is 1. The van der Waals surface area contributed by atoms with Crippen molar-refractivity contribution in [2.24, 2.45) is 0 Å². The van der Waals surface area contributed by atoms with Gasteiger partial charge in [0.1, 0.15) is 0 Å². The highest BCUT2D eigenvalue weighted by atomic mass is 35.5. The first-order valence-corrected chi connectivity index (χ1v) is 4.81. The van der Waals surface area contributed by atoms with E-state index < -0.39 is 11.9 Å². The van der Waals surface area contributed by atoms with Gasteiger partial charge >= 0.3 is 5.97 Å². The summed E-state index contributed by atoms with van der Waals surface area (Å²) < 4.78 is 0. The lowest BCUT2D eigenvalue weighted by Gasteiger charge is -2.12. The SMILES string of the molecule is Cc1ccc(C(C)C(=O)O)c(C)c1Cl. The van der Waals surface area contributed by atoms with Gasteiger partial charge in [-0.1, -0.05) is 23.7 Å². The van der Waals surface area contributed by atoms with E-state index >= 15 is 0 Å². The van der Waals surface area contributed by atoms with Crippen molar-refractivity contribution in [1.29, 1.82) is 0 Å². The number of hydrogen-bond donors (Lipinski definition) is 1. The minimum atomic E-state index is -0.826. The Morgan fingerprint density at radius 3 is 2.50 bits per heavy atom. The maximum atomic E-state index is 10.8. The smallest absolute Gasteiger partial charge is 0.310 e. The zero-order valence-electron chi connectivity index (χ0n) is 8.47. The van der Waals surface area contributed by atoms with Crippen LogP contribution in [-0.4, -0.2) is 11.1 Å². The molecule has 2 nitrogen and oxygen atoms in total. The van der Waals surface area contributed by atoms with E-state index in [1.54, 1.807) is 6.92 Å². The van der Waals surface area contributed by atoms with Gasteiger partial charge in [0, 0.05) is 5.02 Å². The van der Waals surface area contributed by atoms with Crippen molar-refractivity contribution in [1.82, 2.24) is 0 Å². The van der Waals surface area contributed by atoms with Crippen molar-refractivity contribution in [3.8, 4) is 0 Å². The molecule has 1 atom stereocenters. The number of halogens is 1. The molecule has 0 spiro atoms. The van der Waals surface area contributed by atoms with Gasteiger partial charge in [-0.25, -0.2) is 0 Å². The number of hydrogen-bond acceptors (Lipinski definition) is 1. The van der Waals surface area contributed by atoms with Crippen LogP contribution < -0.4 is 0 Å². The monoisotopic (exact) mass is 212 g/mol. The van der Waals surface area contributed by atoms with Crippen LogP contribution in [0.5, 0.6) is 0 Å². The molecule has 0 aliphatic heterocycles. The third-order valence-corrected chi connectivity index (χ3v) is 3.04. The van der Waals surface area contributed by atoms with Crippen LogP contribution in [0.15, 0.2) is 12.1 Å². The third kappa shape index (κ3) is 1.90. The van der Waals surface area contributed by atoms with Gasteiger partial charge in [-0.3, -0.25) is 4.79 Å². The van der Waals surface area contributed by atoms with E-state index in [0.29, 0.717) is 5.02 Å². The van der Waals surface area contributed by atoms with Gasteiger partial charge in [0.25, 0.3) is 0 Å². The average Bonchev–Trinajstić information content (AvgIpc) is 2.13. The summed E-state index contributed by atoms with van der Waals surface area (Å²) >= 11 is 6.04. The highest BCUT2D eigenvalue weighted by molar-refractivity contribution is 6.32. The number of carbonyl (C=O) groups is 1. The summed E-state index contributed by atoms with van der Waals surface area (Å²) in [6.07, 6.45) is 0. The second kappa shape index (κ2) is 4.01. The number of benzene rings is 1. The summed E-state index contributed by atoms with van der Waals surface area (Å²) in [5.74, 6) is -1.33. The lowest BCUT2D eigenvalue weighted by molar-refractivity contribution is -0.138. The molecule has 0 fully saturated rings. The van der Waals surface area contributed by atoms with E-state index in [2.05, 4.69) is 0 Å². The highest BCUT2D eigenvalue weighted by Crippen LogP contribution is 2.28. The van der Waals surface area contributed by atoms with Gasteiger partial charge in [-0.05, 0) is 37.5 Å². The van der Waals surface area contributed by atoms with Crippen molar-refractivity contribution < 1.29 is 9.90 Å². The molecular formula is C11H13ClO2. The average molecular weight is 213 g/mol. The summed E-state index contributed by atoms with van der Waals surface area (Å²) in [5, 5.41) is 9.54. The Hall–Kier alpha value is -1.02. The topological polar surface area (TPSA) is 37.3 Å². The van der Waals surface area contributed by atoms with Crippen LogP contribution in [0.2, 0.25) is 5.02 Å². The molecule has 1 aromatic carbocycles. The molecule has 0 aromatic heterocycles. The minimum Gasteiger partial charge on any atom is -0.481 e.